The van der Waals surface area contributed by atoms with Crippen LogP contribution in [0.15, 0.2) is 0 Å². The van der Waals surface area contributed by atoms with E-state index < -0.39 is 5.54 Å². The van der Waals surface area contributed by atoms with Gasteiger partial charge >= 0.3 is 0 Å². The minimum Gasteiger partial charge on any atom is -0.383 e. The molecular formula is C12H25N3O. The zero-order valence-corrected chi connectivity index (χ0v) is 11.0. The maximum absolute atomic E-state index is 9.12. The standard InChI is InChI=1S/C12H25N3O/c1-5-14-12(3,11-13)7-8-15(6-2)9-10-16-4/h14H,5-10H2,1-4H3. The molecule has 0 aliphatic rings. The van der Waals surface area contributed by atoms with Gasteiger partial charge in [0.1, 0.15) is 5.54 Å². The molecule has 16 heavy (non-hydrogen) atoms. The Bertz CT molecular complexity index is 215. The Morgan fingerprint density at radius 1 is 1.38 bits per heavy atom. The molecule has 0 bridgehead atoms. The van der Waals surface area contributed by atoms with Crippen LogP contribution in [0.25, 0.3) is 0 Å². The van der Waals surface area contributed by atoms with Gasteiger partial charge in [0.15, 0.2) is 0 Å². The van der Waals surface area contributed by atoms with Crippen LogP contribution in [0, 0.1) is 11.3 Å². The Morgan fingerprint density at radius 3 is 2.50 bits per heavy atom. The molecule has 0 heterocycles. The Labute approximate surface area is 99.6 Å². The van der Waals surface area contributed by atoms with Crippen molar-refractivity contribution in [1.29, 1.82) is 5.26 Å². The first-order valence-corrected chi connectivity index (χ1v) is 5.99. The molecular weight excluding hydrogens is 202 g/mol. The van der Waals surface area contributed by atoms with Crippen molar-refractivity contribution in [3.8, 4) is 6.07 Å². The van der Waals surface area contributed by atoms with Gasteiger partial charge in [-0.3, -0.25) is 5.32 Å². The molecule has 0 aromatic heterocycles. The largest absolute Gasteiger partial charge is 0.383 e. The van der Waals surface area contributed by atoms with Gasteiger partial charge in [0.25, 0.3) is 0 Å². The molecule has 94 valence electrons. The van der Waals surface area contributed by atoms with Crippen molar-refractivity contribution >= 4 is 0 Å². The van der Waals surface area contributed by atoms with E-state index in [0.29, 0.717) is 0 Å². The zero-order chi connectivity index (χ0) is 12.4. The van der Waals surface area contributed by atoms with Gasteiger partial charge in [-0.2, -0.15) is 5.26 Å². The maximum atomic E-state index is 9.12. The highest BCUT2D eigenvalue weighted by atomic mass is 16.5. The van der Waals surface area contributed by atoms with Crippen LogP contribution in [0.5, 0.6) is 0 Å². The van der Waals surface area contributed by atoms with Crippen LogP contribution in [0.4, 0.5) is 0 Å². The molecule has 0 spiro atoms. The fourth-order valence-electron chi connectivity index (χ4n) is 1.60. The minimum atomic E-state index is -0.407. The number of likely N-dealkylation sites (N-methyl/N-ethyl adjacent to an activating group) is 1. The molecule has 0 aliphatic heterocycles. The fourth-order valence-corrected chi connectivity index (χ4v) is 1.60. The first-order chi connectivity index (χ1) is 7.61. The maximum Gasteiger partial charge on any atom is 0.105 e. The second kappa shape index (κ2) is 8.51. The van der Waals surface area contributed by atoms with Crippen LogP contribution >= 0.6 is 0 Å². The van der Waals surface area contributed by atoms with Crippen LogP contribution in [0.2, 0.25) is 0 Å². The molecule has 0 saturated heterocycles. The number of methoxy groups -OCH3 is 1. The van der Waals surface area contributed by atoms with Gasteiger partial charge in [0.2, 0.25) is 0 Å². The second-order valence-electron chi connectivity index (χ2n) is 4.15. The normalized spacial score (nSPS) is 14.8. The average molecular weight is 227 g/mol. The predicted octanol–water partition coefficient (Wildman–Crippen LogP) is 1.24. The average Bonchev–Trinajstić information content (AvgIpc) is 2.30. The summed E-state index contributed by atoms with van der Waals surface area (Å²) in [5, 5.41) is 12.3. The number of rotatable bonds is 9. The van der Waals surface area contributed by atoms with Crippen LogP contribution < -0.4 is 5.32 Å². The monoisotopic (exact) mass is 227 g/mol. The number of hydrogen-bond donors (Lipinski definition) is 1. The van der Waals surface area contributed by atoms with Crippen LogP contribution in [-0.2, 0) is 4.74 Å². The molecule has 0 fully saturated rings. The number of nitrogens with one attached hydrogen (secondary N) is 1. The molecule has 1 N–H and O–H groups in total. The third kappa shape index (κ3) is 6.06. The molecule has 0 saturated carbocycles. The first-order valence-electron chi connectivity index (χ1n) is 5.99. The third-order valence-corrected chi connectivity index (χ3v) is 2.80. The van der Waals surface area contributed by atoms with Crippen molar-refractivity contribution in [3.05, 3.63) is 0 Å². The van der Waals surface area contributed by atoms with E-state index in [1.165, 1.54) is 0 Å². The van der Waals surface area contributed by atoms with E-state index in [-0.39, 0.29) is 0 Å². The quantitative estimate of drug-likeness (QED) is 0.644. The lowest BCUT2D eigenvalue weighted by Crippen LogP contribution is -2.44. The van der Waals surface area contributed by atoms with Gasteiger partial charge in [0.05, 0.1) is 12.7 Å². The molecule has 4 heteroatoms. The smallest absolute Gasteiger partial charge is 0.105 e. The summed E-state index contributed by atoms with van der Waals surface area (Å²) >= 11 is 0. The summed E-state index contributed by atoms with van der Waals surface area (Å²) in [6.07, 6.45) is 0.842. The molecule has 1 unspecified atom stereocenters. The molecule has 0 aliphatic carbocycles. The van der Waals surface area contributed by atoms with E-state index in [4.69, 9.17) is 10.00 Å². The Kier molecular flexibility index (Phi) is 8.18. The highest BCUT2D eigenvalue weighted by molar-refractivity contribution is 5.03. The van der Waals surface area contributed by atoms with E-state index in [2.05, 4.69) is 23.2 Å². The van der Waals surface area contributed by atoms with Crippen molar-refractivity contribution in [3.63, 3.8) is 0 Å². The Balaban J connectivity index is 4.02. The summed E-state index contributed by atoms with van der Waals surface area (Å²) in [6, 6.07) is 2.35. The van der Waals surface area contributed by atoms with Gasteiger partial charge in [-0.25, -0.2) is 0 Å². The molecule has 0 aromatic rings. The highest BCUT2D eigenvalue weighted by Gasteiger charge is 2.22. The number of nitriles is 1. The lowest BCUT2D eigenvalue weighted by molar-refractivity contribution is 0.146. The van der Waals surface area contributed by atoms with Crippen LogP contribution in [0.1, 0.15) is 27.2 Å². The van der Waals surface area contributed by atoms with Gasteiger partial charge in [-0.15, -0.1) is 0 Å². The van der Waals surface area contributed by atoms with E-state index in [9.17, 15) is 0 Å². The molecule has 0 aromatic carbocycles. The third-order valence-electron chi connectivity index (χ3n) is 2.80. The minimum absolute atomic E-state index is 0.407. The second-order valence-corrected chi connectivity index (χ2v) is 4.15. The Hall–Kier alpha value is -0.630. The molecule has 1 atom stereocenters. The molecule has 0 rings (SSSR count). The topological polar surface area (TPSA) is 48.3 Å². The summed E-state index contributed by atoms with van der Waals surface area (Å²) in [4.78, 5) is 2.30. The van der Waals surface area contributed by atoms with Crippen LogP contribution in [-0.4, -0.2) is 50.3 Å². The van der Waals surface area contributed by atoms with Gasteiger partial charge < -0.3 is 9.64 Å². The summed E-state index contributed by atoms with van der Waals surface area (Å²) in [5.41, 5.74) is -0.407. The number of nitrogens with zero attached hydrogens (tertiary/aromatic N) is 2. The summed E-state index contributed by atoms with van der Waals surface area (Å²) < 4.78 is 5.06. The number of ether oxygens (including phenoxy) is 1. The molecule has 4 nitrogen and oxygen atoms in total. The lowest BCUT2D eigenvalue weighted by Gasteiger charge is -2.27. The van der Waals surface area contributed by atoms with Gasteiger partial charge in [-0.1, -0.05) is 13.8 Å². The summed E-state index contributed by atoms with van der Waals surface area (Å²) in [7, 11) is 1.71. The Morgan fingerprint density at radius 2 is 2.06 bits per heavy atom. The first kappa shape index (κ1) is 15.4. The van der Waals surface area contributed by atoms with Crippen molar-refractivity contribution in [2.24, 2.45) is 0 Å². The van der Waals surface area contributed by atoms with E-state index >= 15 is 0 Å². The molecule has 0 radical (unpaired) electrons. The molecule has 0 amide bonds. The van der Waals surface area contributed by atoms with Crippen molar-refractivity contribution in [2.45, 2.75) is 32.7 Å². The SMILES string of the molecule is CCNC(C)(C#N)CCN(CC)CCOC. The highest BCUT2D eigenvalue weighted by Crippen LogP contribution is 2.09. The van der Waals surface area contributed by atoms with E-state index in [1.54, 1.807) is 7.11 Å². The van der Waals surface area contributed by atoms with E-state index in [1.807, 2.05) is 13.8 Å². The summed E-state index contributed by atoms with van der Waals surface area (Å²) in [5.74, 6) is 0. The van der Waals surface area contributed by atoms with Crippen molar-refractivity contribution in [2.75, 3.05) is 39.9 Å². The van der Waals surface area contributed by atoms with Gasteiger partial charge in [-0.05, 0) is 26.4 Å². The summed E-state index contributed by atoms with van der Waals surface area (Å²) in [6.45, 7) is 10.5. The van der Waals surface area contributed by atoms with Crippen molar-refractivity contribution < 1.29 is 4.74 Å². The fraction of sp³-hybridized carbons (Fsp3) is 0.917. The predicted molar refractivity (Wildman–Crippen MR) is 66.3 cm³/mol. The number of hydrogen-bond acceptors (Lipinski definition) is 4. The zero-order valence-electron chi connectivity index (χ0n) is 11.0. The van der Waals surface area contributed by atoms with E-state index in [0.717, 1.165) is 39.2 Å². The van der Waals surface area contributed by atoms with Crippen molar-refractivity contribution in [1.82, 2.24) is 10.2 Å². The van der Waals surface area contributed by atoms with Gasteiger partial charge in [0, 0.05) is 20.2 Å². The lowest BCUT2D eigenvalue weighted by atomic mass is 9.99. The van der Waals surface area contributed by atoms with Crippen LogP contribution in [0.3, 0.4) is 0 Å².